The van der Waals surface area contributed by atoms with E-state index in [-0.39, 0.29) is 5.38 Å². The van der Waals surface area contributed by atoms with Crippen LogP contribution in [0.5, 0.6) is 5.75 Å². The number of methoxy groups -OCH3 is 1. The van der Waals surface area contributed by atoms with Crippen molar-refractivity contribution in [2.45, 2.75) is 39.5 Å². The highest BCUT2D eigenvalue weighted by atomic mass is 35.5. The Morgan fingerprint density at radius 1 is 1.38 bits per heavy atom. The maximum atomic E-state index is 6.08. The van der Waals surface area contributed by atoms with E-state index in [9.17, 15) is 0 Å². The number of aromatic nitrogens is 1. The van der Waals surface area contributed by atoms with E-state index < -0.39 is 0 Å². The first-order valence-corrected chi connectivity index (χ1v) is 6.04. The number of aryl methyl sites for hydroxylation is 1. The van der Waals surface area contributed by atoms with Gasteiger partial charge in [0.15, 0.2) is 0 Å². The first-order valence-electron chi connectivity index (χ1n) is 5.60. The molecule has 0 aromatic carbocycles. The molecule has 0 saturated heterocycles. The van der Waals surface area contributed by atoms with Gasteiger partial charge in [0.1, 0.15) is 5.75 Å². The molecule has 1 heterocycles. The van der Waals surface area contributed by atoms with Crippen LogP contribution in [0.3, 0.4) is 0 Å². The number of rotatable bonds is 4. The van der Waals surface area contributed by atoms with E-state index in [0.717, 1.165) is 29.0 Å². The Labute approximate surface area is 103 Å². The van der Waals surface area contributed by atoms with Crippen LogP contribution in [-0.2, 0) is 6.42 Å². The van der Waals surface area contributed by atoms with Crippen molar-refractivity contribution < 1.29 is 4.74 Å². The summed E-state index contributed by atoms with van der Waals surface area (Å²) in [4.78, 5) is 4.47. The molecule has 3 heteroatoms. The zero-order chi connectivity index (χ0) is 12.3. The van der Waals surface area contributed by atoms with Crippen LogP contribution in [0, 0.1) is 19.8 Å². The lowest BCUT2D eigenvalue weighted by molar-refractivity contribution is 0.406. The summed E-state index contributed by atoms with van der Waals surface area (Å²) in [7, 11) is 1.70. The number of ether oxygens (including phenoxy) is 1. The highest BCUT2D eigenvalue weighted by Gasteiger charge is 2.15. The van der Waals surface area contributed by atoms with Crippen LogP contribution in [0.15, 0.2) is 6.20 Å². The Kier molecular flexibility index (Phi) is 4.60. The molecule has 2 atom stereocenters. The summed E-state index contributed by atoms with van der Waals surface area (Å²) in [5.41, 5.74) is 3.30. The van der Waals surface area contributed by atoms with Crippen LogP contribution in [-0.4, -0.2) is 17.5 Å². The van der Waals surface area contributed by atoms with E-state index in [1.165, 1.54) is 0 Å². The van der Waals surface area contributed by atoms with Crippen molar-refractivity contribution in [1.82, 2.24) is 4.98 Å². The molecule has 0 amide bonds. The largest absolute Gasteiger partial charge is 0.496 e. The van der Waals surface area contributed by atoms with Gasteiger partial charge < -0.3 is 4.74 Å². The van der Waals surface area contributed by atoms with Crippen LogP contribution in [0.1, 0.15) is 30.7 Å². The fourth-order valence-electron chi connectivity index (χ4n) is 1.74. The van der Waals surface area contributed by atoms with Gasteiger partial charge in [0.05, 0.1) is 7.11 Å². The molecule has 16 heavy (non-hydrogen) atoms. The van der Waals surface area contributed by atoms with Crippen LogP contribution in [0.2, 0.25) is 0 Å². The molecule has 0 aliphatic heterocycles. The zero-order valence-corrected chi connectivity index (χ0v) is 11.4. The molecule has 0 spiro atoms. The minimum atomic E-state index is 0.161. The Balaban J connectivity index is 2.98. The second-order valence-electron chi connectivity index (χ2n) is 4.41. The Bertz CT molecular complexity index is 363. The van der Waals surface area contributed by atoms with E-state index in [4.69, 9.17) is 16.3 Å². The minimum Gasteiger partial charge on any atom is -0.496 e. The summed E-state index contributed by atoms with van der Waals surface area (Å²) < 4.78 is 5.39. The molecular weight excluding hydrogens is 222 g/mol. The maximum absolute atomic E-state index is 6.08. The van der Waals surface area contributed by atoms with Gasteiger partial charge in [0.25, 0.3) is 0 Å². The van der Waals surface area contributed by atoms with E-state index in [2.05, 4.69) is 18.8 Å². The van der Waals surface area contributed by atoms with Gasteiger partial charge in [-0.05, 0) is 33.1 Å². The van der Waals surface area contributed by atoms with Crippen LogP contribution >= 0.6 is 11.6 Å². The SMILES string of the molecule is COc1c(C)cnc(CC(C)C(C)Cl)c1C. The Morgan fingerprint density at radius 2 is 2.00 bits per heavy atom. The molecule has 90 valence electrons. The average Bonchev–Trinajstić information content (AvgIpc) is 2.22. The van der Waals surface area contributed by atoms with Crippen molar-refractivity contribution in [3.05, 3.63) is 23.0 Å². The topological polar surface area (TPSA) is 22.1 Å². The third-order valence-corrected chi connectivity index (χ3v) is 3.48. The van der Waals surface area contributed by atoms with Crippen molar-refractivity contribution in [3.8, 4) is 5.75 Å². The van der Waals surface area contributed by atoms with E-state index in [0.29, 0.717) is 5.92 Å². The predicted molar refractivity (Wildman–Crippen MR) is 68.4 cm³/mol. The van der Waals surface area contributed by atoms with Crippen LogP contribution in [0.25, 0.3) is 0 Å². The lowest BCUT2D eigenvalue weighted by Gasteiger charge is -2.17. The lowest BCUT2D eigenvalue weighted by atomic mass is 9.98. The van der Waals surface area contributed by atoms with E-state index >= 15 is 0 Å². The summed E-state index contributed by atoms with van der Waals surface area (Å²) in [6.45, 7) is 8.23. The maximum Gasteiger partial charge on any atom is 0.128 e. The van der Waals surface area contributed by atoms with Gasteiger partial charge >= 0.3 is 0 Å². The number of pyridine rings is 1. The average molecular weight is 242 g/mol. The highest BCUT2D eigenvalue weighted by molar-refractivity contribution is 6.20. The van der Waals surface area contributed by atoms with E-state index in [1.54, 1.807) is 7.11 Å². The zero-order valence-electron chi connectivity index (χ0n) is 10.7. The van der Waals surface area contributed by atoms with Gasteiger partial charge in [-0.2, -0.15) is 0 Å². The van der Waals surface area contributed by atoms with Crippen LogP contribution in [0.4, 0.5) is 0 Å². The third kappa shape index (κ3) is 2.88. The van der Waals surface area contributed by atoms with Gasteiger partial charge in [-0.3, -0.25) is 4.98 Å². The molecule has 1 aromatic rings. The monoisotopic (exact) mass is 241 g/mol. The molecule has 0 bridgehead atoms. The van der Waals surface area contributed by atoms with Gasteiger partial charge in [0.2, 0.25) is 0 Å². The number of nitrogens with zero attached hydrogens (tertiary/aromatic N) is 1. The smallest absolute Gasteiger partial charge is 0.128 e. The quantitative estimate of drug-likeness (QED) is 0.753. The third-order valence-electron chi connectivity index (χ3n) is 3.05. The summed E-state index contributed by atoms with van der Waals surface area (Å²) in [5, 5.41) is 0.161. The van der Waals surface area contributed by atoms with E-state index in [1.807, 2.05) is 20.0 Å². The molecule has 0 aliphatic carbocycles. The highest BCUT2D eigenvalue weighted by Crippen LogP contribution is 2.26. The van der Waals surface area contributed by atoms with Gasteiger partial charge in [-0.1, -0.05) is 6.92 Å². The normalized spacial score (nSPS) is 14.6. The molecular formula is C13H20ClNO. The number of hydrogen-bond donors (Lipinski definition) is 0. The summed E-state index contributed by atoms with van der Waals surface area (Å²) in [6, 6.07) is 0. The summed E-state index contributed by atoms with van der Waals surface area (Å²) in [5.74, 6) is 1.36. The second kappa shape index (κ2) is 5.53. The van der Waals surface area contributed by atoms with Crippen molar-refractivity contribution in [3.63, 3.8) is 0 Å². The van der Waals surface area contributed by atoms with Crippen molar-refractivity contribution in [1.29, 1.82) is 0 Å². The number of hydrogen-bond acceptors (Lipinski definition) is 2. The molecule has 0 saturated carbocycles. The minimum absolute atomic E-state index is 0.161. The first kappa shape index (κ1) is 13.3. The molecule has 2 unspecified atom stereocenters. The molecule has 0 N–H and O–H groups in total. The van der Waals surface area contributed by atoms with Crippen molar-refractivity contribution in [2.24, 2.45) is 5.92 Å². The molecule has 2 nitrogen and oxygen atoms in total. The molecule has 1 rings (SSSR count). The lowest BCUT2D eigenvalue weighted by Crippen LogP contribution is -2.12. The molecule has 0 fully saturated rings. The summed E-state index contributed by atoms with van der Waals surface area (Å²) in [6.07, 6.45) is 2.76. The number of halogens is 1. The number of alkyl halides is 1. The van der Waals surface area contributed by atoms with Crippen molar-refractivity contribution in [2.75, 3.05) is 7.11 Å². The Morgan fingerprint density at radius 3 is 2.50 bits per heavy atom. The fourth-order valence-corrected chi connectivity index (χ4v) is 1.83. The van der Waals surface area contributed by atoms with Gasteiger partial charge in [-0.15, -0.1) is 11.6 Å². The predicted octanol–water partition coefficient (Wildman–Crippen LogP) is 3.51. The summed E-state index contributed by atoms with van der Waals surface area (Å²) >= 11 is 6.08. The fraction of sp³-hybridized carbons (Fsp3) is 0.615. The van der Waals surface area contributed by atoms with Gasteiger partial charge in [0, 0.05) is 28.4 Å². The molecule has 1 aromatic heterocycles. The van der Waals surface area contributed by atoms with Crippen LogP contribution < -0.4 is 4.74 Å². The van der Waals surface area contributed by atoms with Crippen molar-refractivity contribution >= 4 is 11.6 Å². The molecule has 0 aliphatic rings. The molecule has 0 radical (unpaired) electrons. The first-order chi connectivity index (χ1) is 7.47. The second-order valence-corrected chi connectivity index (χ2v) is 5.09. The van der Waals surface area contributed by atoms with Gasteiger partial charge in [-0.25, -0.2) is 0 Å². The Hall–Kier alpha value is -0.760. The standard InChI is InChI=1S/C13H20ClNO/c1-8(11(4)14)6-12-10(3)13(16-5)9(2)7-15-12/h7-8,11H,6H2,1-5H3.